The monoisotopic (exact) mass is 488 g/mol. The number of amides is 1. The molecule has 1 aromatic heterocycles. The molecule has 4 aromatic rings. The molecular formula is C27H28N4O3S. The van der Waals surface area contributed by atoms with Crippen LogP contribution < -0.4 is 14.8 Å². The summed E-state index contributed by atoms with van der Waals surface area (Å²) < 4.78 is 13.3. The van der Waals surface area contributed by atoms with Gasteiger partial charge in [0.15, 0.2) is 11.0 Å². The van der Waals surface area contributed by atoms with Gasteiger partial charge in [0.25, 0.3) is 0 Å². The number of nitrogens with zero attached hydrogens (tertiary/aromatic N) is 3. The molecule has 1 N–H and O–H groups in total. The number of carbonyl (C=O) groups is 1. The number of ether oxygens (including phenoxy) is 2. The van der Waals surface area contributed by atoms with Crippen LogP contribution in [0.5, 0.6) is 11.5 Å². The van der Waals surface area contributed by atoms with Crippen molar-refractivity contribution in [1.29, 1.82) is 0 Å². The summed E-state index contributed by atoms with van der Waals surface area (Å²) in [6, 6.07) is 25.1. The lowest BCUT2D eigenvalue weighted by atomic mass is 10.2. The van der Waals surface area contributed by atoms with E-state index in [-0.39, 0.29) is 11.2 Å². The summed E-state index contributed by atoms with van der Waals surface area (Å²) in [7, 11) is 1.63. The molecule has 0 aliphatic heterocycles. The number of hydrogen-bond donors (Lipinski definition) is 1. The van der Waals surface area contributed by atoms with Gasteiger partial charge in [-0.15, -0.1) is 10.2 Å². The van der Waals surface area contributed by atoms with E-state index in [2.05, 4.69) is 15.5 Å². The van der Waals surface area contributed by atoms with Gasteiger partial charge in [0, 0.05) is 12.2 Å². The molecule has 0 radical (unpaired) electrons. The molecule has 0 aliphatic carbocycles. The standard InChI is InChI=1S/C27H28N4O3S/c1-4-31-25(23-12-8-9-13-24(23)33-3)29-30-27(31)35-19(2)26(32)28-21-14-16-22(17-15-21)34-18-20-10-6-5-7-11-20/h5-17,19H,4,18H2,1-3H3,(H,28,32). The van der Waals surface area contributed by atoms with Crippen LogP contribution >= 0.6 is 11.8 Å². The minimum atomic E-state index is -0.371. The summed E-state index contributed by atoms with van der Waals surface area (Å²) in [6.45, 7) is 5.05. The van der Waals surface area contributed by atoms with Crippen molar-refractivity contribution in [3.05, 3.63) is 84.4 Å². The van der Waals surface area contributed by atoms with E-state index in [1.807, 2.05) is 97.3 Å². The van der Waals surface area contributed by atoms with Crippen LogP contribution in [-0.2, 0) is 17.9 Å². The van der Waals surface area contributed by atoms with Gasteiger partial charge in [-0.1, -0.05) is 54.2 Å². The number of aromatic nitrogens is 3. The lowest BCUT2D eigenvalue weighted by Crippen LogP contribution is -2.22. The Kier molecular flexibility index (Phi) is 8.05. The third-order valence-electron chi connectivity index (χ3n) is 5.40. The maximum atomic E-state index is 12.8. The molecule has 0 bridgehead atoms. The highest BCUT2D eigenvalue weighted by molar-refractivity contribution is 8.00. The Morgan fingerprint density at radius 1 is 1.00 bits per heavy atom. The first kappa shape index (κ1) is 24.3. The maximum absolute atomic E-state index is 12.8. The Bertz CT molecular complexity index is 1260. The first-order valence-corrected chi connectivity index (χ1v) is 12.3. The maximum Gasteiger partial charge on any atom is 0.237 e. The van der Waals surface area contributed by atoms with E-state index in [1.54, 1.807) is 7.11 Å². The van der Waals surface area contributed by atoms with Crippen molar-refractivity contribution in [1.82, 2.24) is 14.8 Å². The van der Waals surface area contributed by atoms with Crippen molar-refractivity contribution in [2.75, 3.05) is 12.4 Å². The normalized spacial score (nSPS) is 11.6. The topological polar surface area (TPSA) is 78.3 Å². The lowest BCUT2D eigenvalue weighted by molar-refractivity contribution is -0.115. The summed E-state index contributed by atoms with van der Waals surface area (Å²) in [6.07, 6.45) is 0. The zero-order valence-electron chi connectivity index (χ0n) is 20.0. The van der Waals surface area contributed by atoms with E-state index in [1.165, 1.54) is 11.8 Å². The molecular weight excluding hydrogens is 460 g/mol. The molecule has 0 aliphatic rings. The lowest BCUT2D eigenvalue weighted by Gasteiger charge is -2.14. The summed E-state index contributed by atoms with van der Waals surface area (Å²) in [5.41, 5.74) is 2.67. The Balaban J connectivity index is 1.37. The number of benzene rings is 3. The Morgan fingerprint density at radius 3 is 2.43 bits per heavy atom. The molecule has 0 saturated heterocycles. The summed E-state index contributed by atoms with van der Waals surface area (Å²) >= 11 is 1.37. The van der Waals surface area contributed by atoms with E-state index >= 15 is 0 Å². The summed E-state index contributed by atoms with van der Waals surface area (Å²) in [4.78, 5) is 12.8. The van der Waals surface area contributed by atoms with Crippen LogP contribution in [0.4, 0.5) is 5.69 Å². The molecule has 1 amide bonds. The van der Waals surface area contributed by atoms with Crippen molar-refractivity contribution in [3.63, 3.8) is 0 Å². The van der Waals surface area contributed by atoms with Crippen molar-refractivity contribution in [2.24, 2.45) is 0 Å². The van der Waals surface area contributed by atoms with Gasteiger partial charge in [-0.2, -0.15) is 0 Å². The molecule has 1 heterocycles. The highest BCUT2D eigenvalue weighted by atomic mass is 32.2. The quantitative estimate of drug-likeness (QED) is 0.290. The van der Waals surface area contributed by atoms with Crippen LogP contribution in [-0.4, -0.2) is 33.0 Å². The average molecular weight is 489 g/mol. The molecule has 4 rings (SSSR count). The second kappa shape index (κ2) is 11.6. The molecule has 0 spiro atoms. The fraction of sp³-hybridized carbons (Fsp3) is 0.222. The molecule has 180 valence electrons. The fourth-order valence-corrected chi connectivity index (χ4v) is 4.43. The second-order valence-corrected chi connectivity index (χ2v) is 9.11. The molecule has 1 atom stereocenters. The Labute approximate surface area is 209 Å². The van der Waals surface area contributed by atoms with Gasteiger partial charge in [0.2, 0.25) is 5.91 Å². The average Bonchev–Trinajstić information content (AvgIpc) is 3.30. The third kappa shape index (κ3) is 6.02. The van der Waals surface area contributed by atoms with Crippen molar-refractivity contribution >= 4 is 23.4 Å². The second-order valence-electron chi connectivity index (χ2n) is 7.80. The highest BCUT2D eigenvalue weighted by Crippen LogP contribution is 2.32. The molecule has 35 heavy (non-hydrogen) atoms. The first-order valence-electron chi connectivity index (χ1n) is 11.4. The van der Waals surface area contributed by atoms with Crippen LogP contribution in [0.1, 0.15) is 19.4 Å². The highest BCUT2D eigenvalue weighted by Gasteiger charge is 2.21. The van der Waals surface area contributed by atoms with E-state index < -0.39 is 0 Å². The molecule has 0 fully saturated rings. The fourth-order valence-electron chi connectivity index (χ4n) is 3.52. The van der Waals surface area contributed by atoms with Gasteiger partial charge in [-0.25, -0.2) is 0 Å². The van der Waals surface area contributed by atoms with Crippen molar-refractivity contribution in [3.8, 4) is 22.9 Å². The predicted octanol–water partition coefficient (Wildman–Crippen LogP) is 5.67. The van der Waals surface area contributed by atoms with Crippen LogP contribution in [0.3, 0.4) is 0 Å². The first-order chi connectivity index (χ1) is 17.1. The molecule has 7 nitrogen and oxygen atoms in total. The number of methoxy groups -OCH3 is 1. The number of carbonyl (C=O) groups excluding carboxylic acids is 1. The summed E-state index contributed by atoms with van der Waals surface area (Å²) in [5.74, 6) is 2.07. The van der Waals surface area contributed by atoms with E-state index in [0.717, 1.165) is 22.6 Å². The molecule has 8 heteroatoms. The van der Waals surface area contributed by atoms with E-state index in [4.69, 9.17) is 9.47 Å². The van der Waals surface area contributed by atoms with Crippen LogP contribution in [0.25, 0.3) is 11.4 Å². The molecule has 1 unspecified atom stereocenters. The van der Waals surface area contributed by atoms with E-state index in [0.29, 0.717) is 29.8 Å². The van der Waals surface area contributed by atoms with Crippen molar-refractivity contribution in [2.45, 2.75) is 37.4 Å². The van der Waals surface area contributed by atoms with Gasteiger partial charge in [0.05, 0.1) is 17.9 Å². The van der Waals surface area contributed by atoms with Gasteiger partial charge < -0.3 is 19.4 Å². The van der Waals surface area contributed by atoms with Crippen LogP contribution in [0.2, 0.25) is 0 Å². The Morgan fingerprint density at radius 2 is 1.71 bits per heavy atom. The van der Waals surface area contributed by atoms with Gasteiger partial charge in [-0.3, -0.25) is 4.79 Å². The van der Waals surface area contributed by atoms with Gasteiger partial charge >= 0.3 is 0 Å². The number of nitrogens with one attached hydrogen (secondary N) is 1. The van der Waals surface area contributed by atoms with Gasteiger partial charge in [-0.05, 0) is 55.8 Å². The number of para-hydroxylation sites is 1. The van der Waals surface area contributed by atoms with Crippen LogP contribution in [0.15, 0.2) is 84.0 Å². The minimum Gasteiger partial charge on any atom is -0.496 e. The number of hydrogen-bond acceptors (Lipinski definition) is 6. The molecule has 3 aromatic carbocycles. The smallest absolute Gasteiger partial charge is 0.237 e. The number of thioether (sulfide) groups is 1. The number of rotatable bonds is 10. The third-order valence-corrected chi connectivity index (χ3v) is 6.48. The zero-order chi connectivity index (χ0) is 24.6. The van der Waals surface area contributed by atoms with Crippen LogP contribution in [0, 0.1) is 0 Å². The van der Waals surface area contributed by atoms with Crippen molar-refractivity contribution < 1.29 is 14.3 Å². The zero-order valence-corrected chi connectivity index (χ0v) is 20.8. The molecule has 0 saturated carbocycles. The predicted molar refractivity (Wildman–Crippen MR) is 139 cm³/mol. The van der Waals surface area contributed by atoms with Gasteiger partial charge in [0.1, 0.15) is 18.1 Å². The summed E-state index contributed by atoms with van der Waals surface area (Å²) in [5, 5.41) is 12.0. The largest absolute Gasteiger partial charge is 0.496 e. The minimum absolute atomic E-state index is 0.113. The SMILES string of the molecule is CCn1c(SC(C)C(=O)Nc2ccc(OCc3ccccc3)cc2)nnc1-c1ccccc1OC. The number of anilines is 1. The Hall–Kier alpha value is -3.78. The van der Waals surface area contributed by atoms with E-state index in [9.17, 15) is 4.79 Å².